The van der Waals surface area contributed by atoms with Crippen LogP contribution in [-0.2, 0) is 17.9 Å². The van der Waals surface area contributed by atoms with E-state index in [1.165, 1.54) is 11.1 Å². The minimum absolute atomic E-state index is 0.104. The van der Waals surface area contributed by atoms with Gasteiger partial charge in [-0.05, 0) is 12.5 Å². The van der Waals surface area contributed by atoms with E-state index < -0.39 is 0 Å². The summed E-state index contributed by atoms with van der Waals surface area (Å²) in [4.78, 5) is 12.3. The molecule has 25 heavy (non-hydrogen) atoms. The van der Waals surface area contributed by atoms with E-state index in [-0.39, 0.29) is 11.8 Å². The highest BCUT2D eigenvalue weighted by Crippen LogP contribution is 2.11. The Morgan fingerprint density at radius 3 is 2.88 bits per heavy atom. The van der Waals surface area contributed by atoms with Gasteiger partial charge in [-0.25, -0.2) is 0 Å². The maximum Gasteiger partial charge on any atom is 0.230 e. The molecule has 130 valence electrons. The number of amides is 1. The molecule has 0 spiro atoms. The first kappa shape index (κ1) is 17.2. The molecule has 1 N–H and O–H groups in total. The van der Waals surface area contributed by atoms with E-state index >= 15 is 0 Å². The molecule has 2 aromatic heterocycles. The second-order valence-corrected chi connectivity index (χ2v) is 6.59. The lowest BCUT2D eigenvalue weighted by Crippen LogP contribution is -2.24. The second kappa shape index (κ2) is 7.53. The number of carbonyl (C=O) groups is 1. The summed E-state index contributed by atoms with van der Waals surface area (Å²) in [6, 6.07) is 10.1. The molecule has 0 aliphatic carbocycles. The fourth-order valence-corrected chi connectivity index (χ4v) is 2.72. The predicted molar refractivity (Wildman–Crippen MR) is 97.5 cm³/mol. The topological polar surface area (TPSA) is 64.7 Å². The largest absolute Gasteiger partial charge is 0.309 e. The number of nitrogens with one attached hydrogen (secondary N) is 1. The molecule has 7 heteroatoms. The number of benzene rings is 1. The lowest BCUT2D eigenvalue weighted by atomic mass is 10.1. The van der Waals surface area contributed by atoms with Crippen LogP contribution in [-0.4, -0.2) is 25.5 Å². The number of aromatic nitrogens is 4. The van der Waals surface area contributed by atoms with Crippen molar-refractivity contribution >= 4 is 23.3 Å². The lowest BCUT2D eigenvalue weighted by Gasteiger charge is -2.10. The molecular formula is C18H20ClN5O. The average molecular weight is 358 g/mol. The van der Waals surface area contributed by atoms with E-state index in [2.05, 4.69) is 40.6 Å². The zero-order valence-electron chi connectivity index (χ0n) is 14.2. The molecule has 0 radical (unpaired) electrons. The molecular weight excluding hydrogens is 338 g/mol. The first-order valence-corrected chi connectivity index (χ1v) is 8.45. The fourth-order valence-electron chi connectivity index (χ4n) is 2.57. The third-order valence-corrected chi connectivity index (χ3v) is 4.02. The van der Waals surface area contributed by atoms with Crippen LogP contribution in [0.25, 0.3) is 0 Å². The first-order chi connectivity index (χ1) is 12.0. The summed E-state index contributed by atoms with van der Waals surface area (Å²) in [6.45, 7) is 5.03. The van der Waals surface area contributed by atoms with Crippen LogP contribution in [0.15, 0.2) is 48.9 Å². The maximum atomic E-state index is 12.3. The molecule has 1 amide bonds. The molecule has 1 aromatic carbocycles. The normalized spacial score (nSPS) is 12.1. The summed E-state index contributed by atoms with van der Waals surface area (Å²) in [5.74, 6) is 0.188. The molecule has 0 fully saturated rings. The number of rotatable bonds is 6. The first-order valence-electron chi connectivity index (χ1n) is 8.07. The molecule has 1 atom stereocenters. The number of halogens is 1. The molecule has 0 saturated carbocycles. The summed E-state index contributed by atoms with van der Waals surface area (Å²) >= 11 is 5.84. The molecule has 3 rings (SSSR count). The van der Waals surface area contributed by atoms with Gasteiger partial charge in [0.1, 0.15) is 0 Å². The number of nitrogens with zero attached hydrogens (tertiary/aromatic N) is 4. The second-order valence-electron chi connectivity index (χ2n) is 6.16. The Bertz CT molecular complexity index is 870. The standard InChI is InChI=1S/C18H20ClN5O/c1-13-4-3-5-15(8-13)11-23-7-6-17(22-23)21-18(25)14(2)10-24-12-16(19)9-20-24/h3-9,12,14H,10-11H2,1-2H3,(H,21,22,25). The van der Waals surface area contributed by atoms with Crippen molar-refractivity contribution in [2.75, 3.05) is 5.32 Å². The van der Waals surface area contributed by atoms with Crippen molar-refractivity contribution in [2.24, 2.45) is 5.92 Å². The van der Waals surface area contributed by atoms with Crippen LogP contribution in [0, 0.1) is 12.8 Å². The highest BCUT2D eigenvalue weighted by atomic mass is 35.5. The van der Waals surface area contributed by atoms with E-state index in [9.17, 15) is 4.79 Å². The summed E-state index contributed by atoms with van der Waals surface area (Å²) < 4.78 is 3.46. The van der Waals surface area contributed by atoms with Crippen molar-refractivity contribution in [2.45, 2.75) is 26.9 Å². The van der Waals surface area contributed by atoms with Gasteiger partial charge in [0.25, 0.3) is 0 Å². The van der Waals surface area contributed by atoms with E-state index in [0.29, 0.717) is 23.9 Å². The SMILES string of the molecule is Cc1cccc(Cn2ccc(NC(=O)C(C)Cn3cc(Cl)cn3)n2)c1. The number of aryl methyl sites for hydroxylation is 1. The Morgan fingerprint density at radius 2 is 2.16 bits per heavy atom. The average Bonchev–Trinajstić information content (AvgIpc) is 3.16. The minimum atomic E-state index is -0.252. The molecule has 0 aliphatic rings. The van der Waals surface area contributed by atoms with Crippen LogP contribution < -0.4 is 5.32 Å². The Morgan fingerprint density at radius 1 is 1.32 bits per heavy atom. The monoisotopic (exact) mass is 357 g/mol. The smallest absolute Gasteiger partial charge is 0.230 e. The van der Waals surface area contributed by atoms with Crippen molar-refractivity contribution < 1.29 is 4.79 Å². The van der Waals surface area contributed by atoms with Gasteiger partial charge in [0, 0.05) is 18.5 Å². The Kier molecular flexibility index (Phi) is 5.19. The van der Waals surface area contributed by atoms with Gasteiger partial charge in [0.15, 0.2) is 5.82 Å². The van der Waals surface area contributed by atoms with Crippen LogP contribution in [0.3, 0.4) is 0 Å². The van der Waals surface area contributed by atoms with Crippen molar-refractivity contribution in [3.8, 4) is 0 Å². The van der Waals surface area contributed by atoms with Gasteiger partial charge in [0.2, 0.25) is 5.91 Å². The summed E-state index contributed by atoms with van der Waals surface area (Å²) in [7, 11) is 0. The van der Waals surface area contributed by atoms with Gasteiger partial charge < -0.3 is 5.32 Å². The number of anilines is 1. The van der Waals surface area contributed by atoms with E-state index in [1.807, 2.05) is 23.9 Å². The van der Waals surface area contributed by atoms with E-state index in [0.717, 1.165) is 0 Å². The summed E-state index contributed by atoms with van der Waals surface area (Å²) in [5, 5.41) is 11.9. The molecule has 2 heterocycles. The Labute approximate surface area is 151 Å². The van der Waals surface area contributed by atoms with Gasteiger partial charge in [-0.15, -0.1) is 0 Å². The fraction of sp³-hybridized carbons (Fsp3) is 0.278. The maximum absolute atomic E-state index is 12.3. The number of hydrogen-bond acceptors (Lipinski definition) is 3. The lowest BCUT2D eigenvalue weighted by molar-refractivity contribution is -0.119. The summed E-state index contributed by atoms with van der Waals surface area (Å²) in [5.41, 5.74) is 2.38. The van der Waals surface area contributed by atoms with E-state index in [1.54, 1.807) is 23.1 Å². The van der Waals surface area contributed by atoms with Crippen LogP contribution >= 0.6 is 11.6 Å². The van der Waals surface area contributed by atoms with Crippen LogP contribution in [0.5, 0.6) is 0 Å². The highest BCUT2D eigenvalue weighted by molar-refractivity contribution is 6.30. The molecule has 0 bridgehead atoms. The highest BCUT2D eigenvalue weighted by Gasteiger charge is 2.15. The zero-order chi connectivity index (χ0) is 17.8. The zero-order valence-corrected chi connectivity index (χ0v) is 14.9. The molecule has 0 saturated heterocycles. The van der Waals surface area contributed by atoms with Crippen LogP contribution in [0.1, 0.15) is 18.1 Å². The summed E-state index contributed by atoms with van der Waals surface area (Å²) in [6.07, 6.45) is 5.11. The molecule has 0 aliphatic heterocycles. The van der Waals surface area contributed by atoms with E-state index in [4.69, 9.17) is 11.6 Å². The van der Waals surface area contributed by atoms with Crippen LogP contribution in [0.2, 0.25) is 5.02 Å². The molecule has 1 unspecified atom stereocenters. The Balaban J connectivity index is 1.57. The van der Waals surface area contributed by atoms with Crippen molar-refractivity contribution in [3.63, 3.8) is 0 Å². The van der Waals surface area contributed by atoms with Gasteiger partial charge in [0.05, 0.1) is 30.2 Å². The third-order valence-electron chi connectivity index (χ3n) is 3.83. The van der Waals surface area contributed by atoms with Crippen molar-refractivity contribution in [1.29, 1.82) is 0 Å². The number of hydrogen-bond donors (Lipinski definition) is 1. The van der Waals surface area contributed by atoms with Gasteiger partial charge in [-0.2, -0.15) is 10.2 Å². The molecule has 3 aromatic rings. The van der Waals surface area contributed by atoms with Gasteiger partial charge in [-0.3, -0.25) is 14.2 Å². The van der Waals surface area contributed by atoms with Gasteiger partial charge >= 0.3 is 0 Å². The van der Waals surface area contributed by atoms with Crippen LogP contribution in [0.4, 0.5) is 5.82 Å². The quantitative estimate of drug-likeness (QED) is 0.735. The minimum Gasteiger partial charge on any atom is -0.309 e. The van der Waals surface area contributed by atoms with Crippen molar-refractivity contribution in [3.05, 3.63) is 65.1 Å². The predicted octanol–water partition coefficient (Wildman–Crippen LogP) is 3.36. The Hall–Kier alpha value is -2.60. The van der Waals surface area contributed by atoms with Crippen molar-refractivity contribution in [1.82, 2.24) is 19.6 Å². The third kappa shape index (κ3) is 4.70. The van der Waals surface area contributed by atoms with Gasteiger partial charge in [-0.1, -0.05) is 48.4 Å². The number of carbonyl (C=O) groups excluding carboxylic acids is 1. The molecule has 6 nitrogen and oxygen atoms in total.